The third kappa shape index (κ3) is 6.65. The Hall–Kier alpha value is -1.88. The Morgan fingerprint density at radius 1 is 1.22 bits per heavy atom. The normalized spacial score (nSPS) is 13.6. The lowest BCUT2D eigenvalue weighted by molar-refractivity contribution is 0.239. The SMILES string of the molecule is CCCN(CCC)c1ccc(/C(C)=C(\C#N)S(=O)(=O)NCC(C)CO)cc1. The monoisotopic (exact) mass is 393 g/mol. The summed E-state index contributed by atoms with van der Waals surface area (Å²) in [6.45, 7) is 9.52. The number of hydrogen-bond donors (Lipinski definition) is 2. The third-order valence-corrected chi connectivity index (χ3v) is 5.78. The second-order valence-electron chi connectivity index (χ2n) is 6.74. The van der Waals surface area contributed by atoms with E-state index in [0.29, 0.717) is 11.1 Å². The fourth-order valence-electron chi connectivity index (χ4n) is 2.70. The molecule has 0 spiro atoms. The molecule has 0 aliphatic carbocycles. The summed E-state index contributed by atoms with van der Waals surface area (Å²) in [5, 5.41) is 18.5. The number of nitrogens with one attached hydrogen (secondary N) is 1. The molecular formula is C20H31N3O3S. The molecule has 0 aromatic heterocycles. The molecular weight excluding hydrogens is 362 g/mol. The van der Waals surface area contributed by atoms with E-state index >= 15 is 0 Å². The lowest BCUT2D eigenvalue weighted by Crippen LogP contribution is -2.30. The summed E-state index contributed by atoms with van der Waals surface area (Å²) in [6.07, 6.45) is 2.10. The lowest BCUT2D eigenvalue weighted by Gasteiger charge is -2.24. The maximum absolute atomic E-state index is 12.5. The average Bonchev–Trinajstić information content (AvgIpc) is 2.66. The summed E-state index contributed by atoms with van der Waals surface area (Å²) in [4.78, 5) is 2.00. The van der Waals surface area contributed by atoms with Gasteiger partial charge in [-0.05, 0) is 49.0 Å². The van der Waals surface area contributed by atoms with Gasteiger partial charge in [0, 0.05) is 31.9 Å². The molecule has 1 rings (SSSR count). The van der Waals surface area contributed by atoms with Crippen molar-refractivity contribution < 1.29 is 13.5 Å². The molecule has 0 saturated carbocycles. The van der Waals surface area contributed by atoms with Crippen LogP contribution >= 0.6 is 0 Å². The zero-order chi connectivity index (χ0) is 20.4. The highest BCUT2D eigenvalue weighted by molar-refractivity contribution is 7.93. The molecule has 1 atom stereocenters. The van der Waals surface area contributed by atoms with Crippen molar-refractivity contribution in [2.24, 2.45) is 5.92 Å². The van der Waals surface area contributed by atoms with E-state index in [-0.39, 0.29) is 24.0 Å². The predicted molar refractivity (Wildman–Crippen MR) is 111 cm³/mol. The highest BCUT2D eigenvalue weighted by Crippen LogP contribution is 2.24. The van der Waals surface area contributed by atoms with Crippen LogP contribution in [0.4, 0.5) is 5.69 Å². The Bertz CT molecular complexity index is 759. The molecule has 0 radical (unpaired) electrons. The number of aliphatic hydroxyl groups is 1. The summed E-state index contributed by atoms with van der Waals surface area (Å²) in [5.74, 6) is -0.220. The van der Waals surface area contributed by atoms with Crippen LogP contribution in [0.2, 0.25) is 0 Å². The molecule has 0 fully saturated rings. The maximum atomic E-state index is 12.5. The zero-order valence-electron chi connectivity index (χ0n) is 16.7. The van der Waals surface area contributed by atoms with E-state index in [4.69, 9.17) is 5.11 Å². The van der Waals surface area contributed by atoms with E-state index in [0.717, 1.165) is 31.6 Å². The minimum atomic E-state index is -3.92. The van der Waals surface area contributed by atoms with E-state index in [2.05, 4.69) is 23.5 Å². The summed E-state index contributed by atoms with van der Waals surface area (Å²) < 4.78 is 27.3. The van der Waals surface area contributed by atoms with Crippen LogP contribution in [0.3, 0.4) is 0 Å². The molecule has 7 heteroatoms. The first-order chi connectivity index (χ1) is 12.8. The number of anilines is 1. The Kier molecular flexibility index (Phi) is 9.50. The number of allylic oxidation sites excluding steroid dienone is 2. The second-order valence-corrected chi connectivity index (χ2v) is 8.44. The van der Waals surface area contributed by atoms with Gasteiger partial charge in [-0.15, -0.1) is 0 Å². The maximum Gasteiger partial charge on any atom is 0.251 e. The number of nitrogens with zero attached hydrogens (tertiary/aromatic N) is 2. The third-order valence-electron chi connectivity index (χ3n) is 4.30. The van der Waals surface area contributed by atoms with Gasteiger partial charge in [0.05, 0.1) is 0 Å². The molecule has 0 heterocycles. The molecule has 6 nitrogen and oxygen atoms in total. The molecule has 1 unspecified atom stereocenters. The average molecular weight is 394 g/mol. The van der Waals surface area contributed by atoms with Crippen LogP contribution in [0.15, 0.2) is 29.2 Å². The molecule has 1 aromatic rings. The Morgan fingerprint density at radius 2 is 1.78 bits per heavy atom. The minimum Gasteiger partial charge on any atom is -0.396 e. The van der Waals surface area contributed by atoms with E-state index in [1.54, 1.807) is 13.8 Å². The molecule has 0 bridgehead atoms. The van der Waals surface area contributed by atoms with E-state index in [1.807, 2.05) is 30.3 Å². The summed E-state index contributed by atoms with van der Waals surface area (Å²) >= 11 is 0. The fraction of sp³-hybridized carbons (Fsp3) is 0.550. The van der Waals surface area contributed by atoms with E-state index < -0.39 is 10.0 Å². The first kappa shape index (κ1) is 23.2. The molecule has 0 aliphatic heterocycles. The number of hydrogen-bond acceptors (Lipinski definition) is 5. The number of rotatable bonds is 11. The van der Waals surface area contributed by atoms with Gasteiger partial charge in [-0.1, -0.05) is 32.9 Å². The number of benzene rings is 1. The summed E-state index contributed by atoms with van der Waals surface area (Å²) in [6, 6.07) is 9.45. The topological polar surface area (TPSA) is 93.4 Å². The smallest absolute Gasteiger partial charge is 0.251 e. The number of sulfonamides is 1. The van der Waals surface area contributed by atoms with Gasteiger partial charge in [0.2, 0.25) is 0 Å². The Morgan fingerprint density at radius 3 is 2.22 bits per heavy atom. The predicted octanol–water partition coefficient (Wildman–Crippen LogP) is 3.12. The first-order valence-electron chi connectivity index (χ1n) is 9.37. The van der Waals surface area contributed by atoms with Crippen LogP contribution in [0.5, 0.6) is 0 Å². The van der Waals surface area contributed by atoms with Crippen LogP contribution < -0.4 is 9.62 Å². The standard InChI is InChI=1S/C20H31N3O3S/c1-5-11-23(12-6-2)19-9-7-18(8-10-19)17(4)20(13-21)27(25,26)22-14-16(3)15-24/h7-10,16,22,24H,5-6,11-12,14-15H2,1-4H3/b20-17+. The Labute approximate surface area is 163 Å². The molecule has 2 N–H and O–H groups in total. The van der Waals surface area contributed by atoms with Gasteiger partial charge in [-0.25, -0.2) is 13.1 Å². The number of aliphatic hydroxyl groups excluding tert-OH is 1. The second kappa shape index (κ2) is 11.1. The van der Waals surface area contributed by atoms with Gasteiger partial charge in [0.1, 0.15) is 6.07 Å². The van der Waals surface area contributed by atoms with Gasteiger partial charge in [0.25, 0.3) is 10.0 Å². The quantitative estimate of drug-likeness (QED) is 0.564. The van der Waals surface area contributed by atoms with Crippen LogP contribution in [-0.2, 0) is 10.0 Å². The van der Waals surface area contributed by atoms with Crippen molar-refractivity contribution in [3.63, 3.8) is 0 Å². The number of nitriles is 1. The highest BCUT2D eigenvalue weighted by atomic mass is 32.2. The Balaban J connectivity index is 3.12. The van der Waals surface area contributed by atoms with Crippen LogP contribution in [0, 0.1) is 17.2 Å². The van der Waals surface area contributed by atoms with Crippen molar-refractivity contribution in [2.45, 2.75) is 40.5 Å². The van der Waals surface area contributed by atoms with Gasteiger partial charge in [0.15, 0.2) is 4.91 Å². The lowest BCUT2D eigenvalue weighted by atomic mass is 10.1. The minimum absolute atomic E-state index is 0.0826. The van der Waals surface area contributed by atoms with Crippen LogP contribution in [-0.4, -0.2) is 39.8 Å². The van der Waals surface area contributed by atoms with E-state index in [9.17, 15) is 13.7 Å². The zero-order valence-corrected chi connectivity index (χ0v) is 17.5. The van der Waals surface area contributed by atoms with Crippen molar-refractivity contribution in [2.75, 3.05) is 31.1 Å². The van der Waals surface area contributed by atoms with Crippen LogP contribution in [0.25, 0.3) is 5.57 Å². The van der Waals surface area contributed by atoms with Crippen molar-refractivity contribution in [1.82, 2.24) is 4.72 Å². The molecule has 0 aliphatic rings. The van der Waals surface area contributed by atoms with Gasteiger partial charge >= 0.3 is 0 Å². The van der Waals surface area contributed by atoms with Gasteiger partial charge in [-0.3, -0.25) is 0 Å². The summed E-state index contributed by atoms with van der Waals surface area (Å²) in [7, 11) is -3.92. The molecule has 0 saturated heterocycles. The van der Waals surface area contributed by atoms with Crippen molar-refractivity contribution in [3.8, 4) is 6.07 Å². The molecule has 0 amide bonds. The fourth-order valence-corrected chi connectivity index (χ4v) is 3.99. The van der Waals surface area contributed by atoms with Crippen molar-refractivity contribution in [3.05, 3.63) is 34.7 Å². The summed E-state index contributed by atoms with van der Waals surface area (Å²) in [5.41, 5.74) is 2.20. The van der Waals surface area contributed by atoms with Crippen LogP contribution in [0.1, 0.15) is 46.1 Å². The van der Waals surface area contributed by atoms with Gasteiger partial charge in [-0.2, -0.15) is 5.26 Å². The first-order valence-corrected chi connectivity index (χ1v) is 10.9. The van der Waals surface area contributed by atoms with E-state index in [1.165, 1.54) is 0 Å². The van der Waals surface area contributed by atoms with Crippen molar-refractivity contribution in [1.29, 1.82) is 5.26 Å². The van der Waals surface area contributed by atoms with Gasteiger partial charge < -0.3 is 10.0 Å². The van der Waals surface area contributed by atoms with Crippen molar-refractivity contribution >= 4 is 21.3 Å². The highest BCUT2D eigenvalue weighted by Gasteiger charge is 2.21. The molecule has 27 heavy (non-hydrogen) atoms. The largest absolute Gasteiger partial charge is 0.396 e. The molecule has 1 aromatic carbocycles. The molecule has 150 valence electrons.